The van der Waals surface area contributed by atoms with Crippen molar-refractivity contribution in [1.82, 2.24) is 10.2 Å². The molecule has 1 amide bonds. The fourth-order valence-corrected chi connectivity index (χ4v) is 2.46. The lowest BCUT2D eigenvalue weighted by Gasteiger charge is -2.23. The van der Waals surface area contributed by atoms with Crippen molar-refractivity contribution < 1.29 is 4.79 Å². The first-order valence-electron chi connectivity index (χ1n) is 7.42. The van der Waals surface area contributed by atoms with Crippen LogP contribution in [0.2, 0.25) is 0 Å². The quantitative estimate of drug-likeness (QED) is 0.765. The molecule has 106 valence electrons. The molecule has 0 bridgehead atoms. The monoisotopic (exact) mass is 254 g/mol. The van der Waals surface area contributed by atoms with Crippen LogP contribution >= 0.6 is 0 Å². The van der Waals surface area contributed by atoms with Gasteiger partial charge in [-0.2, -0.15) is 0 Å². The molecule has 1 aliphatic heterocycles. The number of carbonyl (C=O) groups is 1. The largest absolute Gasteiger partial charge is 0.343 e. The maximum absolute atomic E-state index is 12.1. The van der Waals surface area contributed by atoms with E-state index in [1.54, 1.807) is 0 Å². The number of nitrogens with zero attached hydrogens (tertiary/aromatic N) is 1. The molecule has 3 heteroatoms. The van der Waals surface area contributed by atoms with Crippen molar-refractivity contribution in [1.29, 1.82) is 0 Å². The van der Waals surface area contributed by atoms with Gasteiger partial charge in [-0.25, -0.2) is 0 Å². The first-order chi connectivity index (χ1) is 8.41. The van der Waals surface area contributed by atoms with Gasteiger partial charge < -0.3 is 10.2 Å². The minimum Gasteiger partial charge on any atom is -0.343 e. The molecule has 1 N–H and O–H groups in total. The van der Waals surface area contributed by atoms with Crippen LogP contribution in [-0.2, 0) is 4.79 Å². The maximum Gasteiger partial charge on any atom is 0.222 e. The fraction of sp³-hybridized carbons (Fsp3) is 0.933. The van der Waals surface area contributed by atoms with Gasteiger partial charge in [0, 0.05) is 25.6 Å². The zero-order valence-corrected chi connectivity index (χ0v) is 12.6. The average molecular weight is 254 g/mol. The maximum atomic E-state index is 12.1. The normalized spacial score (nSPS) is 19.9. The molecule has 1 heterocycles. The number of carbonyl (C=O) groups excluding carboxylic acids is 1. The van der Waals surface area contributed by atoms with E-state index in [1.165, 1.54) is 6.42 Å². The first kappa shape index (κ1) is 15.5. The molecule has 1 saturated heterocycles. The van der Waals surface area contributed by atoms with Crippen molar-refractivity contribution in [2.45, 2.75) is 65.8 Å². The van der Waals surface area contributed by atoms with E-state index in [2.05, 4.69) is 37.9 Å². The molecule has 0 unspecified atom stereocenters. The number of hydrogen-bond acceptors (Lipinski definition) is 2. The van der Waals surface area contributed by atoms with Gasteiger partial charge in [0.25, 0.3) is 0 Å². The topological polar surface area (TPSA) is 32.3 Å². The summed E-state index contributed by atoms with van der Waals surface area (Å²) in [4.78, 5) is 14.2. The molecule has 1 rings (SSSR count). The van der Waals surface area contributed by atoms with Crippen molar-refractivity contribution in [3.05, 3.63) is 0 Å². The summed E-state index contributed by atoms with van der Waals surface area (Å²) < 4.78 is 0. The van der Waals surface area contributed by atoms with E-state index in [0.717, 1.165) is 38.9 Å². The molecule has 0 aromatic heterocycles. The second kappa shape index (κ2) is 7.13. The van der Waals surface area contributed by atoms with Crippen LogP contribution in [0.3, 0.4) is 0 Å². The van der Waals surface area contributed by atoms with E-state index in [4.69, 9.17) is 0 Å². The van der Waals surface area contributed by atoms with Gasteiger partial charge in [-0.3, -0.25) is 4.79 Å². The summed E-state index contributed by atoms with van der Waals surface area (Å²) in [5.74, 6) is 0.346. The van der Waals surface area contributed by atoms with Crippen molar-refractivity contribution in [3.63, 3.8) is 0 Å². The minimum atomic E-state index is 0.346. The van der Waals surface area contributed by atoms with Crippen molar-refractivity contribution >= 4 is 5.91 Å². The molecule has 3 nitrogen and oxygen atoms in total. The van der Waals surface area contributed by atoms with Gasteiger partial charge in [0.15, 0.2) is 0 Å². The highest BCUT2D eigenvalue weighted by molar-refractivity contribution is 5.76. The van der Waals surface area contributed by atoms with E-state index < -0.39 is 0 Å². The summed E-state index contributed by atoms with van der Waals surface area (Å²) >= 11 is 0. The highest BCUT2D eigenvalue weighted by Gasteiger charge is 2.24. The Hall–Kier alpha value is -0.570. The molecule has 0 aromatic carbocycles. The Labute approximate surface area is 112 Å². The van der Waals surface area contributed by atoms with E-state index in [1.807, 2.05) is 0 Å². The van der Waals surface area contributed by atoms with Crippen LogP contribution in [0, 0.1) is 5.41 Å². The number of nitrogens with one attached hydrogen (secondary N) is 1. The molecule has 0 spiro atoms. The van der Waals surface area contributed by atoms with Gasteiger partial charge >= 0.3 is 0 Å². The summed E-state index contributed by atoms with van der Waals surface area (Å²) in [7, 11) is 0. The zero-order valence-electron chi connectivity index (χ0n) is 12.6. The number of likely N-dealkylation sites (tertiary alicyclic amines) is 1. The van der Waals surface area contributed by atoms with E-state index in [-0.39, 0.29) is 0 Å². The lowest BCUT2D eigenvalue weighted by molar-refractivity contribution is -0.131. The third-order valence-corrected chi connectivity index (χ3v) is 3.81. The SMILES string of the molecule is CC(C)NCCCC(=O)N1CCCC(C)(C)CC1. The number of hydrogen-bond donors (Lipinski definition) is 1. The van der Waals surface area contributed by atoms with Crippen LogP contribution in [0.15, 0.2) is 0 Å². The predicted octanol–water partition coefficient (Wildman–Crippen LogP) is 2.80. The van der Waals surface area contributed by atoms with Crippen LogP contribution in [0.25, 0.3) is 0 Å². The molecule has 18 heavy (non-hydrogen) atoms. The Morgan fingerprint density at radius 2 is 2.00 bits per heavy atom. The molecule has 0 aliphatic carbocycles. The van der Waals surface area contributed by atoms with Gasteiger partial charge in [0.05, 0.1) is 0 Å². The smallest absolute Gasteiger partial charge is 0.222 e. The summed E-state index contributed by atoms with van der Waals surface area (Å²) in [6.07, 6.45) is 5.19. The molecule has 0 aromatic rings. The zero-order chi connectivity index (χ0) is 13.6. The molecule has 0 atom stereocenters. The van der Waals surface area contributed by atoms with Crippen LogP contribution in [0.4, 0.5) is 0 Å². The summed E-state index contributed by atoms with van der Waals surface area (Å²) in [6.45, 7) is 11.8. The van der Waals surface area contributed by atoms with Crippen molar-refractivity contribution in [2.24, 2.45) is 5.41 Å². The van der Waals surface area contributed by atoms with Crippen molar-refractivity contribution in [3.8, 4) is 0 Å². The van der Waals surface area contributed by atoms with Gasteiger partial charge in [0.2, 0.25) is 5.91 Å². The second-order valence-electron chi connectivity index (χ2n) is 6.61. The highest BCUT2D eigenvalue weighted by atomic mass is 16.2. The third kappa shape index (κ3) is 5.85. The Balaban J connectivity index is 2.25. The van der Waals surface area contributed by atoms with Crippen LogP contribution in [0.1, 0.15) is 59.8 Å². The van der Waals surface area contributed by atoms with Gasteiger partial charge in [-0.15, -0.1) is 0 Å². The number of amides is 1. The van der Waals surface area contributed by atoms with Crippen molar-refractivity contribution in [2.75, 3.05) is 19.6 Å². The first-order valence-corrected chi connectivity index (χ1v) is 7.42. The average Bonchev–Trinajstić information content (AvgIpc) is 2.45. The summed E-state index contributed by atoms with van der Waals surface area (Å²) in [5.41, 5.74) is 0.411. The second-order valence-corrected chi connectivity index (χ2v) is 6.61. The molecular formula is C15H30N2O. The Bertz CT molecular complexity index is 261. The van der Waals surface area contributed by atoms with Crippen LogP contribution < -0.4 is 5.32 Å². The van der Waals surface area contributed by atoms with Crippen LogP contribution in [-0.4, -0.2) is 36.5 Å². The third-order valence-electron chi connectivity index (χ3n) is 3.81. The Morgan fingerprint density at radius 3 is 2.67 bits per heavy atom. The minimum absolute atomic E-state index is 0.346. The summed E-state index contributed by atoms with van der Waals surface area (Å²) in [6, 6.07) is 0.513. The standard InChI is InChI=1S/C15H30N2O/c1-13(2)16-10-5-7-14(18)17-11-6-8-15(3,4)9-12-17/h13,16H,5-12H2,1-4H3. The van der Waals surface area contributed by atoms with Gasteiger partial charge in [-0.1, -0.05) is 27.7 Å². The Kier molecular flexibility index (Phi) is 6.13. The molecule has 1 fully saturated rings. The van der Waals surface area contributed by atoms with Gasteiger partial charge in [-0.05, 0) is 37.6 Å². The van der Waals surface area contributed by atoms with E-state index >= 15 is 0 Å². The molecule has 0 saturated carbocycles. The van der Waals surface area contributed by atoms with Crippen LogP contribution in [0.5, 0.6) is 0 Å². The Morgan fingerprint density at radius 1 is 1.28 bits per heavy atom. The summed E-state index contributed by atoms with van der Waals surface area (Å²) in [5, 5.41) is 3.36. The van der Waals surface area contributed by atoms with E-state index in [9.17, 15) is 4.79 Å². The van der Waals surface area contributed by atoms with Gasteiger partial charge in [0.1, 0.15) is 0 Å². The molecular weight excluding hydrogens is 224 g/mol. The lowest BCUT2D eigenvalue weighted by Crippen LogP contribution is -2.33. The predicted molar refractivity (Wildman–Crippen MR) is 76.6 cm³/mol. The fourth-order valence-electron chi connectivity index (χ4n) is 2.46. The highest BCUT2D eigenvalue weighted by Crippen LogP contribution is 2.29. The molecule has 0 radical (unpaired) electrons. The number of rotatable bonds is 5. The van der Waals surface area contributed by atoms with E-state index in [0.29, 0.717) is 23.8 Å². The molecule has 1 aliphatic rings. The lowest BCUT2D eigenvalue weighted by atomic mass is 9.85.